The molecule has 1 fully saturated rings. The fraction of sp³-hybridized carbons (Fsp3) is 0.565. The molecular formula is C23H37IN6O. The highest BCUT2D eigenvalue weighted by Gasteiger charge is 2.23. The van der Waals surface area contributed by atoms with Crippen LogP contribution in [0.25, 0.3) is 10.9 Å². The number of nitrogens with one attached hydrogen (secondary N) is 2. The van der Waals surface area contributed by atoms with E-state index >= 15 is 0 Å². The fourth-order valence-electron chi connectivity index (χ4n) is 4.11. The van der Waals surface area contributed by atoms with Gasteiger partial charge < -0.3 is 25.8 Å². The lowest BCUT2D eigenvalue weighted by Gasteiger charge is -2.31. The second-order valence-electron chi connectivity index (χ2n) is 8.00. The second-order valence-corrected chi connectivity index (χ2v) is 8.00. The van der Waals surface area contributed by atoms with Crippen molar-refractivity contribution in [1.29, 1.82) is 0 Å². The highest BCUT2D eigenvalue weighted by molar-refractivity contribution is 14.0. The fourth-order valence-corrected chi connectivity index (χ4v) is 4.11. The molecule has 31 heavy (non-hydrogen) atoms. The molecule has 1 aromatic heterocycles. The Bertz CT molecular complexity index is 836. The lowest BCUT2D eigenvalue weighted by molar-refractivity contribution is -0.123. The first kappa shape index (κ1) is 25.5. The third-order valence-electron chi connectivity index (χ3n) is 5.70. The molecule has 4 N–H and O–H groups in total. The van der Waals surface area contributed by atoms with Crippen molar-refractivity contribution in [3.8, 4) is 0 Å². The molecule has 7 nitrogen and oxygen atoms in total. The van der Waals surface area contributed by atoms with Crippen LogP contribution in [0.3, 0.4) is 0 Å². The maximum atomic E-state index is 11.4. The molecule has 1 saturated heterocycles. The summed E-state index contributed by atoms with van der Waals surface area (Å²) in [6.45, 7) is 8.40. The Hall–Kier alpha value is -1.81. The van der Waals surface area contributed by atoms with E-state index in [9.17, 15) is 4.79 Å². The smallest absolute Gasteiger partial charge is 0.221 e. The van der Waals surface area contributed by atoms with Crippen LogP contribution in [0.5, 0.6) is 0 Å². The first-order chi connectivity index (χ1) is 14.7. The summed E-state index contributed by atoms with van der Waals surface area (Å²) in [5.74, 6) is 0.735. The van der Waals surface area contributed by atoms with Gasteiger partial charge in [-0.1, -0.05) is 18.2 Å². The van der Waals surface area contributed by atoms with Gasteiger partial charge >= 0.3 is 0 Å². The third kappa shape index (κ3) is 7.99. The monoisotopic (exact) mass is 540 g/mol. The van der Waals surface area contributed by atoms with Crippen molar-refractivity contribution in [1.82, 2.24) is 20.1 Å². The van der Waals surface area contributed by atoms with Crippen LogP contribution in [0.4, 0.5) is 0 Å². The number of carbonyl (C=O) groups excluding carboxylic acids is 1. The quantitative estimate of drug-likeness (QED) is 0.187. The largest absolute Gasteiger partial charge is 0.369 e. The van der Waals surface area contributed by atoms with Crippen LogP contribution in [0.1, 0.15) is 32.6 Å². The van der Waals surface area contributed by atoms with Gasteiger partial charge in [-0.05, 0) is 63.2 Å². The Kier molecular flexibility index (Phi) is 11.1. The minimum absolute atomic E-state index is 0. The van der Waals surface area contributed by atoms with E-state index in [0.29, 0.717) is 0 Å². The standard InChI is InChI=1S/C23H36N6O.HI/c1-2-25-23(26-12-6-15-28-14-5-9-20(18-28)22(24)30)27-13-7-16-29-17-11-19-8-3-4-10-21(19)29;/h3-4,8,10-11,17,20H,2,5-7,9,12-16,18H2,1H3,(H2,24,30)(H2,25,26,27);1H. The number of fused-ring (bicyclic) bond motifs is 1. The molecule has 172 valence electrons. The number of benzene rings is 1. The number of nitrogens with two attached hydrogens (primary N) is 1. The van der Waals surface area contributed by atoms with Gasteiger partial charge in [-0.15, -0.1) is 24.0 Å². The maximum absolute atomic E-state index is 11.4. The molecule has 1 aliphatic heterocycles. The van der Waals surface area contributed by atoms with E-state index in [4.69, 9.17) is 10.7 Å². The number of guanidine groups is 1. The van der Waals surface area contributed by atoms with Crippen molar-refractivity contribution in [2.24, 2.45) is 16.6 Å². The number of aryl methyl sites for hydroxylation is 1. The van der Waals surface area contributed by atoms with E-state index in [1.54, 1.807) is 0 Å². The van der Waals surface area contributed by atoms with Crippen LogP contribution in [-0.2, 0) is 11.3 Å². The lowest BCUT2D eigenvalue weighted by Crippen LogP contribution is -2.43. The van der Waals surface area contributed by atoms with Crippen LogP contribution in [0.15, 0.2) is 41.5 Å². The van der Waals surface area contributed by atoms with Crippen LogP contribution in [-0.4, -0.2) is 60.6 Å². The zero-order valence-corrected chi connectivity index (χ0v) is 20.9. The number of piperidine rings is 1. The molecule has 0 aliphatic carbocycles. The zero-order chi connectivity index (χ0) is 21.2. The van der Waals surface area contributed by atoms with Crippen molar-refractivity contribution >= 4 is 46.7 Å². The topological polar surface area (TPSA) is 87.7 Å². The molecule has 0 bridgehead atoms. The molecule has 0 spiro atoms. The number of aromatic nitrogens is 1. The van der Waals surface area contributed by atoms with Crippen LogP contribution < -0.4 is 16.4 Å². The average molecular weight is 540 g/mol. The number of aliphatic imine (C=N–C) groups is 1. The van der Waals surface area contributed by atoms with Crippen LogP contribution >= 0.6 is 24.0 Å². The zero-order valence-electron chi connectivity index (χ0n) is 18.6. The van der Waals surface area contributed by atoms with E-state index in [1.165, 1.54) is 10.9 Å². The predicted molar refractivity (Wildman–Crippen MR) is 139 cm³/mol. The number of halogens is 1. The van der Waals surface area contributed by atoms with Gasteiger partial charge in [0, 0.05) is 44.4 Å². The molecule has 3 rings (SSSR count). The van der Waals surface area contributed by atoms with Gasteiger partial charge in [0.1, 0.15) is 0 Å². The van der Waals surface area contributed by atoms with Crippen molar-refractivity contribution < 1.29 is 4.79 Å². The van der Waals surface area contributed by atoms with E-state index in [-0.39, 0.29) is 35.8 Å². The van der Waals surface area contributed by atoms with Gasteiger partial charge in [-0.3, -0.25) is 9.79 Å². The Morgan fingerprint density at radius 2 is 2.03 bits per heavy atom. The highest BCUT2D eigenvalue weighted by Crippen LogP contribution is 2.16. The minimum atomic E-state index is -0.160. The SMILES string of the molecule is CCNC(=NCCCn1ccc2ccccc21)NCCCN1CCCC(C(N)=O)C1.I. The molecular weight excluding hydrogens is 503 g/mol. The maximum Gasteiger partial charge on any atom is 0.221 e. The Morgan fingerprint density at radius 3 is 2.84 bits per heavy atom. The summed E-state index contributed by atoms with van der Waals surface area (Å²) in [4.78, 5) is 18.5. The molecule has 2 heterocycles. The van der Waals surface area contributed by atoms with E-state index in [2.05, 4.69) is 63.6 Å². The predicted octanol–water partition coefficient (Wildman–Crippen LogP) is 2.79. The Balaban J connectivity index is 0.00000341. The van der Waals surface area contributed by atoms with Crippen molar-refractivity contribution in [3.05, 3.63) is 36.5 Å². The van der Waals surface area contributed by atoms with Crippen molar-refractivity contribution in [3.63, 3.8) is 0 Å². The van der Waals surface area contributed by atoms with Gasteiger partial charge in [0.15, 0.2) is 5.96 Å². The highest BCUT2D eigenvalue weighted by atomic mass is 127. The van der Waals surface area contributed by atoms with Crippen molar-refractivity contribution in [2.75, 3.05) is 39.3 Å². The molecule has 1 unspecified atom stereocenters. The lowest BCUT2D eigenvalue weighted by atomic mass is 9.97. The summed E-state index contributed by atoms with van der Waals surface area (Å²) in [6.07, 6.45) is 6.16. The number of hydrogen-bond acceptors (Lipinski definition) is 3. The van der Waals surface area contributed by atoms with E-state index in [1.807, 2.05) is 0 Å². The van der Waals surface area contributed by atoms with Gasteiger partial charge in [-0.2, -0.15) is 0 Å². The number of para-hydroxylation sites is 1. The first-order valence-corrected chi connectivity index (χ1v) is 11.2. The summed E-state index contributed by atoms with van der Waals surface area (Å²) in [6, 6.07) is 10.6. The van der Waals surface area contributed by atoms with E-state index < -0.39 is 0 Å². The average Bonchev–Trinajstić information content (AvgIpc) is 3.17. The molecule has 0 saturated carbocycles. The number of carbonyl (C=O) groups is 1. The molecule has 1 atom stereocenters. The first-order valence-electron chi connectivity index (χ1n) is 11.2. The summed E-state index contributed by atoms with van der Waals surface area (Å²) >= 11 is 0. The summed E-state index contributed by atoms with van der Waals surface area (Å²) in [7, 11) is 0. The summed E-state index contributed by atoms with van der Waals surface area (Å²) < 4.78 is 2.29. The number of likely N-dealkylation sites (tertiary alicyclic amines) is 1. The number of nitrogens with zero attached hydrogens (tertiary/aromatic N) is 3. The molecule has 1 aliphatic rings. The second kappa shape index (κ2) is 13.6. The molecule has 2 aromatic rings. The van der Waals surface area contributed by atoms with Gasteiger partial charge in [-0.25, -0.2) is 0 Å². The Labute approximate surface area is 202 Å². The van der Waals surface area contributed by atoms with Crippen LogP contribution in [0, 0.1) is 5.92 Å². The number of rotatable bonds is 10. The van der Waals surface area contributed by atoms with Crippen molar-refractivity contribution in [2.45, 2.75) is 39.2 Å². The number of amides is 1. The van der Waals surface area contributed by atoms with Crippen LogP contribution in [0.2, 0.25) is 0 Å². The van der Waals surface area contributed by atoms with E-state index in [0.717, 1.165) is 77.5 Å². The molecule has 8 heteroatoms. The van der Waals surface area contributed by atoms with Gasteiger partial charge in [0.2, 0.25) is 5.91 Å². The summed E-state index contributed by atoms with van der Waals surface area (Å²) in [5, 5.41) is 8.04. The molecule has 0 radical (unpaired) electrons. The minimum Gasteiger partial charge on any atom is -0.369 e. The Morgan fingerprint density at radius 1 is 1.19 bits per heavy atom. The summed E-state index contributed by atoms with van der Waals surface area (Å²) in [5.41, 5.74) is 6.75. The molecule has 1 aromatic carbocycles. The normalized spacial score (nSPS) is 17.3. The van der Waals surface area contributed by atoms with Gasteiger partial charge in [0.25, 0.3) is 0 Å². The number of primary amides is 1. The van der Waals surface area contributed by atoms with Gasteiger partial charge in [0.05, 0.1) is 5.92 Å². The number of hydrogen-bond donors (Lipinski definition) is 3. The molecule has 1 amide bonds. The third-order valence-corrected chi connectivity index (χ3v) is 5.70.